The first kappa shape index (κ1) is 22.3. The summed E-state index contributed by atoms with van der Waals surface area (Å²) >= 11 is 0. The SMILES string of the molecule is CC(C)COC(NCc1ccccc1)C(C)CN1CCN(S(C)(=O)=O)CC1. The van der Waals surface area contributed by atoms with E-state index in [-0.39, 0.29) is 6.23 Å². The summed E-state index contributed by atoms with van der Waals surface area (Å²) in [6.45, 7) is 11.6. The average molecular weight is 398 g/mol. The maximum absolute atomic E-state index is 11.7. The van der Waals surface area contributed by atoms with Crippen molar-refractivity contribution in [1.82, 2.24) is 14.5 Å². The number of hydrogen-bond donors (Lipinski definition) is 1. The van der Waals surface area contributed by atoms with Gasteiger partial charge in [0, 0.05) is 45.2 Å². The van der Waals surface area contributed by atoms with Crippen LogP contribution < -0.4 is 5.32 Å². The van der Waals surface area contributed by atoms with Crippen molar-refractivity contribution >= 4 is 10.0 Å². The third-order valence-corrected chi connectivity index (χ3v) is 6.13. The van der Waals surface area contributed by atoms with Crippen molar-refractivity contribution in [1.29, 1.82) is 0 Å². The highest BCUT2D eigenvalue weighted by Gasteiger charge is 2.26. The second-order valence-corrected chi connectivity index (χ2v) is 9.94. The summed E-state index contributed by atoms with van der Waals surface area (Å²) in [5.41, 5.74) is 1.24. The lowest BCUT2D eigenvalue weighted by molar-refractivity contribution is -0.0298. The van der Waals surface area contributed by atoms with Gasteiger partial charge in [-0.2, -0.15) is 4.31 Å². The van der Waals surface area contributed by atoms with Gasteiger partial charge in [-0.3, -0.25) is 5.32 Å². The molecule has 27 heavy (non-hydrogen) atoms. The van der Waals surface area contributed by atoms with Gasteiger partial charge in [0.25, 0.3) is 0 Å². The topological polar surface area (TPSA) is 61.9 Å². The molecule has 0 aromatic heterocycles. The number of benzene rings is 1. The first-order valence-electron chi connectivity index (χ1n) is 9.82. The molecule has 1 fully saturated rings. The molecule has 0 spiro atoms. The lowest BCUT2D eigenvalue weighted by Gasteiger charge is -2.36. The van der Waals surface area contributed by atoms with Crippen molar-refractivity contribution in [2.24, 2.45) is 11.8 Å². The Labute approximate surface area is 164 Å². The molecule has 0 aliphatic carbocycles. The zero-order valence-electron chi connectivity index (χ0n) is 17.1. The summed E-state index contributed by atoms with van der Waals surface area (Å²) in [4.78, 5) is 2.34. The molecule has 1 aromatic rings. The van der Waals surface area contributed by atoms with Crippen LogP contribution in [0.2, 0.25) is 0 Å². The molecule has 0 saturated carbocycles. The lowest BCUT2D eigenvalue weighted by Crippen LogP contribution is -2.51. The van der Waals surface area contributed by atoms with Gasteiger partial charge in [0.15, 0.2) is 0 Å². The number of rotatable bonds is 10. The van der Waals surface area contributed by atoms with Crippen LogP contribution in [0.3, 0.4) is 0 Å². The van der Waals surface area contributed by atoms with Crippen molar-refractivity contribution in [3.05, 3.63) is 35.9 Å². The zero-order valence-corrected chi connectivity index (χ0v) is 17.9. The van der Waals surface area contributed by atoms with Crippen LogP contribution in [0.15, 0.2) is 30.3 Å². The first-order valence-corrected chi connectivity index (χ1v) is 11.7. The van der Waals surface area contributed by atoms with Crippen LogP contribution in [0, 0.1) is 11.8 Å². The second-order valence-electron chi connectivity index (χ2n) is 7.95. The number of nitrogens with one attached hydrogen (secondary N) is 1. The molecule has 6 nitrogen and oxygen atoms in total. The molecule has 7 heteroatoms. The van der Waals surface area contributed by atoms with Crippen LogP contribution >= 0.6 is 0 Å². The standard InChI is InChI=1S/C20H35N3O3S/c1-17(2)16-26-20(21-14-19-8-6-5-7-9-19)18(3)15-22-10-12-23(13-11-22)27(4,24)25/h5-9,17-18,20-21H,10-16H2,1-4H3. The number of nitrogens with zero attached hydrogens (tertiary/aromatic N) is 2. The van der Waals surface area contributed by atoms with Gasteiger partial charge in [-0.15, -0.1) is 0 Å². The van der Waals surface area contributed by atoms with Crippen LogP contribution in [0.1, 0.15) is 26.3 Å². The predicted molar refractivity (Wildman–Crippen MR) is 110 cm³/mol. The lowest BCUT2D eigenvalue weighted by atomic mass is 10.1. The molecule has 154 valence electrons. The van der Waals surface area contributed by atoms with E-state index in [2.05, 4.69) is 43.1 Å². The summed E-state index contributed by atoms with van der Waals surface area (Å²) in [5.74, 6) is 0.786. The molecule has 1 aliphatic rings. The number of hydrogen-bond acceptors (Lipinski definition) is 5. The molecule has 2 unspecified atom stereocenters. The van der Waals surface area contributed by atoms with Gasteiger partial charge in [-0.25, -0.2) is 8.42 Å². The fourth-order valence-corrected chi connectivity index (χ4v) is 4.11. The fourth-order valence-electron chi connectivity index (χ4n) is 3.28. The molecule has 0 amide bonds. The Hall–Kier alpha value is -0.990. The first-order chi connectivity index (χ1) is 12.8. The van der Waals surface area contributed by atoms with Gasteiger partial charge >= 0.3 is 0 Å². The number of sulfonamides is 1. The molecule has 0 radical (unpaired) electrons. The Bertz CT molecular complexity index is 644. The Balaban J connectivity index is 1.87. The minimum absolute atomic E-state index is 0.0273. The largest absolute Gasteiger partial charge is 0.363 e. The highest BCUT2D eigenvalue weighted by Crippen LogP contribution is 2.13. The maximum atomic E-state index is 11.7. The van der Waals surface area contributed by atoms with Crippen molar-refractivity contribution in [3.8, 4) is 0 Å². The summed E-state index contributed by atoms with van der Waals surface area (Å²) < 4.78 is 31.1. The normalized spacial score (nSPS) is 19.3. The van der Waals surface area contributed by atoms with Crippen LogP contribution in [0.5, 0.6) is 0 Å². The van der Waals surface area contributed by atoms with Gasteiger partial charge in [-0.05, 0) is 11.5 Å². The van der Waals surface area contributed by atoms with Crippen LogP contribution in [0.25, 0.3) is 0 Å². The second kappa shape index (κ2) is 10.5. The smallest absolute Gasteiger partial charge is 0.211 e. The van der Waals surface area contributed by atoms with Gasteiger partial charge < -0.3 is 9.64 Å². The summed E-state index contributed by atoms with van der Waals surface area (Å²) in [5, 5.41) is 3.56. The molecular weight excluding hydrogens is 362 g/mol. The fraction of sp³-hybridized carbons (Fsp3) is 0.700. The molecule has 1 N–H and O–H groups in total. The van der Waals surface area contributed by atoms with Crippen molar-refractivity contribution in [2.75, 3.05) is 45.6 Å². The maximum Gasteiger partial charge on any atom is 0.211 e. The third-order valence-electron chi connectivity index (χ3n) is 4.82. The van der Waals surface area contributed by atoms with Crippen LogP contribution in [-0.4, -0.2) is 69.4 Å². The Morgan fingerprint density at radius 1 is 1.07 bits per heavy atom. The van der Waals surface area contributed by atoms with Crippen LogP contribution in [-0.2, 0) is 21.3 Å². The van der Waals surface area contributed by atoms with E-state index in [9.17, 15) is 8.42 Å². The molecular formula is C20H35N3O3S. The highest BCUT2D eigenvalue weighted by molar-refractivity contribution is 7.88. The molecule has 1 heterocycles. The van der Waals surface area contributed by atoms with E-state index in [1.807, 2.05) is 18.2 Å². The number of piperazine rings is 1. The Morgan fingerprint density at radius 3 is 2.26 bits per heavy atom. The predicted octanol–water partition coefficient (Wildman–Crippen LogP) is 1.99. The summed E-state index contributed by atoms with van der Waals surface area (Å²) in [6, 6.07) is 10.3. The summed E-state index contributed by atoms with van der Waals surface area (Å²) in [6.07, 6.45) is 1.26. The molecule has 1 aromatic carbocycles. The zero-order chi connectivity index (χ0) is 19.9. The van der Waals surface area contributed by atoms with Crippen molar-refractivity contribution in [2.45, 2.75) is 33.5 Å². The average Bonchev–Trinajstić information content (AvgIpc) is 2.62. The minimum atomic E-state index is -3.08. The van der Waals surface area contributed by atoms with Gasteiger partial charge in [0.05, 0.1) is 12.9 Å². The molecule has 0 bridgehead atoms. The van der Waals surface area contributed by atoms with E-state index in [0.717, 1.165) is 32.8 Å². The van der Waals surface area contributed by atoms with Crippen molar-refractivity contribution < 1.29 is 13.2 Å². The monoisotopic (exact) mass is 397 g/mol. The van der Waals surface area contributed by atoms with Crippen molar-refractivity contribution in [3.63, 3.8) is 0 Å². The number of ether oxygens (including phenoxy) is 1. The highest BCUT2D eigenvalue weighted by atomic mass is 32.2. The molecule has 2 atom stereocenters. The van der Waals surface area contributed by atoms with Crippen LogP contribution in [0.4, 0.5) is 0 Å². The van der Waals surface area contributed by atoms with Gasteiger partial charge in [-0.1, -0.05) is 51.1 Å². The van der Waals surface area contributed by atoms with E-state index < -0.39 is 10.0 Å². The summed E-state index contributed by atoms with van der Waals surface area (Å²) in [7, 11) is -3.08. The van der Waals surface area contributed by atoms with Gasteiger partial charge in [0.2, 0.25) is 10.0 Å². The van der Waals surface area contributed by atoms with E-state index in [0.29, 0.717) is 24.9 Å². The van der Waals surface area contributed by atoms with E-state index >= 15 is 0 Å². The quantitative estimate of drug-likeness (QED) is 0.612. The van der Waals surface area contributed by atoms with E-state index in [1.165, 1.54) is 11.8 Å². The Morgan fingerprint density at radius 2 is 1.70 bits per heavy atom. The minimum Gasteiger partial charge on any atom is -0.363 e. The van der Waals surface area contributed by atoms with E-state index in [1.54, 1.807) is 4.31 Å². The molecule has 1 aliphatic heterocycles. The van der Waals surface area contributed by atoms with E-state index in [4.69, 9.17) is 4.74 Å². The molecule has 2 rings (SSSR count). The Kier molecular flexibility index (Phi) is 8.69. The molecule has 1 saturated heterocycles. The van der Waals surface area contributed by atoms with Gasteiger partial charge in [0.1, 0.15) is 6.23 Å². The third kappa shape index (κ3) is 7.87.